The molecule has 0 saturated carbocycles. The van der Waals surface area contributed by atoms with Gasteiger partial charge in [-0.05, 0) is 54.4 Å². The molecule has 152 valence electrons. The zero-order valence-corrected chi connectivity index (χ0v) is 17.3. The van der Waals surface area contributed by atoms with Crippen molar-refractivity contribution in [3.8, 4) is 0 Å². The van der Waals surface area contributed by atoms with Crippen molar-refractivity contribution in [2.75, 3.05) is 23.3 Å². The monoisotopic (exact) mass is 433 g/mol. The van der Waals surface area contributed by atoms with E-state index in [1.807, 2.05) is 22.4 Å². The van der Waals surface area contributed by atoms with Crippen LogP contribution in [0.2, 0.25) is 0 Å². The van der Waals surface area contributed by atoms with E-state index in [2.05, 4.69) is 20.6 Å². The van der Waals surface area contributed by atoms with Crippen molar-refractivity contribution in [1.82, 2.24) is 15.3 Å². The minimum atomic E-state index is -0.366. The highest BCUT2D eigenvalue weighted by molar-refractivity contribution is 7.16. The van der Waals surface area contributed by atoms with Crippen molar-refractivity contribution >= 4 is 51.4 Å². The Morgan fingerprint density at radius 1 is 1.31 bits per heavy atom. The van der Waals surface area contributed by atoms with E-state index >= 15 is 0 Å². The Hall–Kier alpha value is -2.29. The normalized spacial score (nSPS) is 18.4. The van der Waals surface area contributed by atoms with Crippen LogP contribution < -0.4 is 15.5 Å². The number of carbonyl (C=O) groups is 1. The smallest absolute Gasteiger partial charge is 0.247 e. The lowest BCUT2D eigenvalue weighted by molar-refractivity contribution is -0.117. The number of nitrogens with zero attached hydrogens (tertiary/aromatic N) is 3. The lowest BCUT2D eigenvalue weighted by Crippen LogP contribution is -2.40. The van der Waals surface area contributed by atoms with Crippen LogP contribution in [-0.2, 0) is 17.8 Å². The predicted molar refractivity (Wildman–Crippen MR) is 115 cm³/mol. The fourth-order valence-electron chi connectivity index (χ4n) is 4.14. The quantitative estimate of drug-likeness (QED) is 0.661. The number of anilines is 2. The molecule has 5 rings (SSSR count). The molecule has 0 aliphatic carbocycles. The van der Waals surface area contributed by atoms with Gasteiger partial charge in [-0.1, -0.05) is 6.07 Å². The third-order valence-electron chi connectivity index (χ3n) is 5.53. The van der Waals surface area contributed by atoms with Gasteiger partial charge in [-0.25, -0.2) is 14.4 Å². The Morgan fingerprint density at radius 3 is 3.10 bits per heavy atom. The number of nitrogens with one attached hydrogen (secondary N) is 2. The Morgan fingerprint density at radius 2 is 2.21 bits per heavy atom. The highest BCUT2D eigenvalue weighted by atomic mass is 35.5. The Labute approximate surface area is 177 Å². The van der Waals surface area contributed by atoms with Gasteiger partial charge in [0.2, 0.25) is 5.91 Å². The fraction of sp³-hybridized carbons (Fsp3) is 0.350. The first-order valence-corrected chi connectivity index (χ1v) is 10.4. The number of benzene rings is 1. The predicted octanol–water partition coefficient (Wildman–Crippen LogP) is 3.51. The van der Waals surface area contributed by atoms with Crippen molar-refractivity contribution in [2.45, 2.75) is 31.8 Å². The van der Waals surface area contributed by atoms with E-state index in [1.54, 1.807) is 23.7 Å². The number of fused-ring (bicyclic) bond motifs is 2. The van der Waals surface area contributed by atoms with E-state index in [1.165, 1.54) is 0 Å². The van der Waals surface area contributed by atoms with Crippen LogP contribution in [0.4, 0.5) is 15.9 Å². The van der Waals surface area contributed by atoms with Crippen molar-refractivity contribution in [3.63, 3.8) is 0 Å². The van der Waals surface area contributed by atoms with Crippen LogP contribution in [0.5, 0.6) is 0 Å². The molecule has 3 aromatic rings. The summed E-state index contributed by atoms with van der Waals surface area (Å²) in [7, 11) is 0. The standard InChI is InChI=1S/C20H20FN5OS.ClH/c21-17-13-5-7-22-10-12(13)3-4-15(17)25-19(27)16-2-1-8-26(16)18-14-6-9-28-20(14)24-11-23-18;/h3-4,6,9,11,16,22H,1-2,5,7-8,10H2,(H,25,27);1H. The van der Waals surface area contributed by atoms with Gasteiger partial charge in [0.1, 0.15) is 28.8 Å². The van der Waals surface area contributed by atoms with Gasteiger partial charge in [0.15, 0.2) is 0 Å². The first-order chi connectivity index (χ1) is 13.7. The molecule has 1 amide bonds. The van der Waals surface area contributed by atoms with E-state index < -0.39 is 0 Å². The zero-order valence-electron chi connectivity index (χ0n) is 15.7. The van der Waals surface area contributed by atoms with Gasteiger partial charge in [-0.2, -0.15) is 0 Å². The highest BCUT2D eigenvalue weighted by Gasteiger charge is 2.33. The van der Waals surface area contributed by atoms with Crippen LogP contribution in [0.15, 0.2) is 29.9 Å². The molecule has 2 aromatic heterocycles. The topological polar surface area (TPSA) is 70.2 Å². The lowest BCUT2D eigenvalue weighted by Gasteiger charge is -2.26. The second-order valence-electron chi connectivity index (χ2n) is 7.17. The van der Waals surface area contributed by atoms with Gasteiger partial charge in [-0.15, -0.1) is 23.7 Å². The maximum absolute atomic E-state index is 14.9. The number of hydrogen-bond acceptors (Lipinski definition) is 6. The average molecular weight is 434 g/mol. The van der Waals surface area contributed by atoms with Crippen LogP contribution in [-0.4, -0.2) is 35.0 Å². The molecule has 6 nitrogen and oxygen atoms in total. The van der Waals surface area contributed by atoms with Crippen LogP contribution in [0.25, 0.3) is 10.2 Å². The van der Waals surface area contributed by atoms with E-state index in [0.29, 0.717) is 18.5 Å². The Balaban J connectivity index is 0.00000205. The Kier molecular flexibility index (Phi) is 5.67. The summed E-state index contributed by atoms with van der Waals surface area (Å²) in [6.45, 7) is 2.17. The number of thiophene rings is 1. The maximum Gasteiger partial charge on any atom is 0.247 e. The first-order valence-electron chi connectivity index (χ1n) is 9.49. The SMILES string of the molecule is Cl.O=C(Nc1ccc2c(c1F)CCNC2)C1CCCN1c1ncnc2sccc12. The third kappa shape index (κ3) is 3.56. The van der Waals surface area contributed by atoms with Gasteiger partial charge in [0.25, 0.3) is 0 Å². The molecule has 1 fully saturated rings. The van der Waals surface area contributed by atoms with E-state index in [-0.39, 0.29) is 35.9 Å². The van der Waals surface area contributed by atoms with E-state index in [9.17, 15) is 9.18 Å². The lowest BCUT2D eigenvalue weighted by atomic mass is 9.99. The molecule has 0 bridgehead atoms. The molecule has 1 unspecified atom stereocenters. The average Bonchev–Trinajstić information content (AvgIpc) is 3.39. The van der Waals surface area contributed by atoms with Crippen LogP contribution in [0.3, 0.4) is 0 Å². The molecule has 29 heavy (non-hydrogen) atoms. The van der Waals surface area contributed by atoms with E-state index in [0.717, 1.165) is 47.5 Å². The summed E-state index contributed by atoms with van der Waals surface area (Å²) in [5.74, 6) is 0.285. The number of carbonyl (C=O) groups excluding carboxylic acids is 1. The molecule has 1 aromatic carbocycles. The van der Waals surface area contributed by atoms with Crippen molar-refractivity contribution in [3.05, 3.63) is 46.9 Å². The molecule has 2 aliphatic rings. The van der Waals surface area contributed by atoms with E-state index in [4.69, 9.17) is 0 Å². The largest absolute Gasteiger partial charge is 0.344 e. The molecular weight excluding hydrogens is 413 g/mol. The number of halogens is 2. The van der Waals surface area contributed by atoms with Gasteiger partial charge in [-0.3, -0.25) is 4.79 Å². The zero-order chi connectivity index (χ0) is 19.1. The fourth-order valence-corrected chi connectivity index (χ4v) is 4.87. The molecule has 0 radical (unpaired) electrons. The summed E-state index contributed by atoms with van der Waals surface area (Å²) < 4.78 is 14.9. The van der Waals surface area contributed by atoms with Gasteiger partial charge in [0.05, 0.1) is 11.1 Å². The summed E-state index contributed by atoms with van der Waals surface area (Å²) in [5.41, 5.74) is 1.93. The first kappa shape index (κ1) is 20.0. The molecule has 0 spiro atoms. The summed E-state index contributed by atoms with van der Waals surface area (Å²) in [4.78, 5) is 24.7. The number of amides is 1. The molecular formula is C20H21ClFN5OS. The molecule has 1 atom stereocenters. The molecule has 2 N–H and O–H groups in total. The molecule has 9 heteroatoms. The second kappa shape index (κ2) is 8.22. The minimum absolute atomic E-state index is 0. The molecule has 4 heterocycles. The Bertz CT molecular complexity index is 1060. The summed E-state index contributed by atoms with van der Waals surface area (Å²) in [5, 5.41) is 9.00. The number of hydrogen-bond donors (Lipinski definition) is 2. The number of aromatic nitrogens is 2. The maximum atomic E-state index is 14.9. The van der Waals surface area contributed by atoms with Crippen molar-refractivity contribution < 1.29 is 9.18 Å². The minimum Gasteiger partial charge on any atom is -0.344 e. The molecule has 2 aliphatic heterocycles. The highest BCUT2D eigenvalue weighted by Crippen LogP contribution is 2.32. The van der Waals surface area contributed by atoms with Crippen LogP contribution >= 0.6 is 23.7 Å². The van der Waals surface area contributed by atoms with Gasteiger partial charge >= 0.3 is 0 Å². The summed E-state index contributed by atoms with van der Waals surface area (Å²) in [6, 6.07) is 5.18. The third-order valence-corrected chi connectivity index (χ3v) is 6.35. The summed E-state index contributed by atoms with van der Waals surface area (Å²) in [6.07, 6.45) is 3.79. The van der Waals surface area contributed by atoms with Crippen LogP contribution in [0.1, 0.15) is 24.0 Å². The molecule has 1 saturated heterocycles. The summed E-state index contributed by atoms with van der Waals surface area (Å²) >= 11 is 1.55. The van der Waals surface area contributed by atoms with Crippen molar-refractivity contribution in [2.24, 2.45) is 0 Å². The number of rotatable bonds is 3. The van der Waals surface area contributed by atoms with Crippen LogP contribution in [0, 0.1) is 5.82 Å². The van der Waals surface area contributed by atoms with Gasteiger partial charge in [0, 0.05) is 13.1 Å². The van der Waals surface area contributed by atoms with Crippen molar-refractivity contribution in [1.29, 1.82) is 0 Å². The second-order valence-corrected chi connectivity index (χ2v) is 8.06. The van der Waals surface area contributed by atoms with Gasteiger partial charge < -0.3 is 15.5 Å².